The zero-order chi connectivity index (χ0) is 14.0. The first kappa shape index (κ1) is 17.4. The highest BCUT2D eigenvalue weighted by Crippen LogP contribution is 2.02. The predicted molar refractivity (Wildman–Crippen MR) is 74.5 cm³/mol. The van der Waals surface area contributed by atoms with Crippen LogP contribution in [0, 0.1) is 0 Å². The molecular formula is C13H29N3O2. The molecule has 0 aliphatic heterocycles. The smallest absolute Gasteiger partial charge is 0.239 e. The van der Waals surface area contributed by atoms with E-state index >= 15 is 0 Å². The molecule has 108 valence electrons. The van der Waals surface area contributed by atoms with Crippen molar-refractivity contribution >= 4 is 5.91 Å². The van der Waals surface area contributed by atoms with Crippen LogP contribution in [0.5, 0.6) is 0 Å². The van der Waals surface area contributed by atoms with Crippen LogP contribution < -0.4 is 5.73 Å². The summed E-state index contributed by atoms with van der Waals surface area (Å²) in [4.78, 5) is 16.1. The summed E-state index contributed by atoms with van der Waals surface area (Å²) < 4.78 is 4.96. The third-order valence-electron chi connectivity index (χ3n) is 2.91. The number of hydrogen-bond donors (Lipinski definition) is 1. The van der Waals surface area contributed by atoms with E-state index in [4.69, 9.17) is 10.5 Å². The molecule has 5 nitrogen and oxygen atoms in total. The van der Waals surface area contributed by atoms with Crippen molar-refractivity contribution in [1.82, 2.24) is 9.80 Å². The van der Waals surface area contributed by atoms with E-state index in [0.717, 1.165) is 32.5 Å². The summed E-state index contributed by atoms with van der Waals surface area (Å²) in [5, 5.41) is 0. The number of hydrogen-bond acceptors (Lipinski definition) is 4. The number of methoxy groups -OCH3 is 1. The second-order valence-electron chi connectivity index (χ2n) is 4.82. The van der Waals surface area contributed by atoms with Crippen LogP contribution in [0.3, 0.4) is 0 Å². The van der Waals surface area contributed by atoms with Gasteiger partial charge in [0.1, 0.15) is 0 Å². The molecular weight excluding hydrogens is 230 g/mol. The van der Waals surface area contributed by atoms with Crippen LogP contribution in [0.2, 0.25) is 0 Å². The van der Waals surface area contributed by atoms with Crippen molar-refractivity contribution in [1.29, 1.82) is 0 Å². The zero-order valence-corrected chi connectivity index (χ0v) is 12.3. The average Bonchev–Trinajstić information content (AvgIpc) is 2.33. The normalized spacial score (nSPS) is 12.8. The molecule has 0 aromatic rings. The molecule has 2 N–H and O–H groups in total. The number of rotatable bonds is 10. The Labute approximate surface area is 111 Å². The number of nitrogens with zero attached hydrogens (tertiary/aromatic N) is 2. The Hall–Kier alpha value is -0.650. The number of likely N-dealkylation sites (N-methyl/N-ethyl adjacent to an activating group) is 1. The Balaban J connectivity index is 4.00. The average molecular weight is 259 g/mol. The first-order valence-electron chi connectivity index (χ1n) is 6.71. The number of carbonyl (C=O) groups excluding carboxylic acids is 1. The van der Waals surface area contributed by atoms with Gasteiger partial charge in [0.05, 0.1) is 6.04 Å². The molecule has 1 amide bonds. The minimum atomic E-state index is -0.389. The summed E-state index contributed by atoms with van der Waals surface area (Å²) in [7, 11) is 5.73. The van der Waals surface area contributed by atoms with E-state index in [0.29, 0.717) is 13.0 Å². The van der Waals surface area contributed by atoms with Gasteiger partial charge in [-0.25, -0.2) is 0 Å². The Morgan fingerprint density at radius 1 is 1.28 bits per heavy atom. The van der Waals surface area contributed by atoms with Crippen molar-refractivity contribution in [3.05, 3.63) is 0 Å². The topological polar surface area (TPSA) is 58.8 Å². The summed E-state index contributed by atoms with van der Waals surface area (Å²) in [6.45, 7) is 5.15. The molecule has 0 aliphatic rings. The van der Waals surface area contributed by atoms with Gasteiger partial charge < -0.3 is 20.3 Å². The van der Waals surface area contributed by atoms with Gasteiger partial charge in [-0.15, -0.1) is 0 Å². The standard InChI is InChI=1S/C13H29N3O2/c1-5-16(10-7-9-15(2)3)13(17)12(14)8-6-11-18-4/h12H,5-11,14H2,1-4H3. The van der Waals surface area contributed by atoms with Gasteiger partial charge in [-0.1, -0.05) is 0 Å². The molecule has 0 saturated carbocycles. The lowest BCUT2D eigenvalue weighted by atomic mass is 10.1. The Kier molecular flexibility index (Phi) is 9.92. The lowest BCUT2D eigenvalue weighted by molar-refractivity contribution is -0.132. The summed E-state index contributed by atoms with van der Waals surface area (Å²) >= 11 is 0. The maximum Gasteiger partial charge on any atom is 0.239 e. The van der Waals surface area contributed by atoms with Crippen molar-refractivity contribution in [3.63, 3.8) is 0 Å². The largest absolute Gasteiger partial charge is 0.385 e. The van der Waals surface area contributed by atoms with Gasteiger partial charge in [0.15, 0.2) is 0 Å². The molecule has 0 fully saturated rings. The molecule has 0 saturated heterocycles. The van der Waals surface area contributed by atoms with Crippen LogP contribution in [-0.4, -0.2) is 69.2 Å². The van der Waals surface area contributed by atoms with E-state index in [1.807, 2.05) is 25.9 Å². The monoisotopic (exact) mass is 259 g/mol. The third kappa shape index (κ3) is 7.63. The fourth-order valence-corrected chi connectivity index (χ4v) is 1.81. The molecule has 5 heteroatoms. The number of amides is 1. The molecule has 1 unspecified atom stereocenters. The summed E-state index contributed by atoms with van der Waals surface area (Å²) in [6.07, 6.45) is 2.51. The predicted octanol–water partition coefficient (Wildman–Crippen LogP) is 0.541. The van der Waals surface area contributed by atoms with Crippen LogP contribution in [0.1, 0.15) is 26.2 Å². The van der Waals surface area contributed by atoms with E-state index in [9.17, 15) is 4.79 Å². The van der Waals surface area contributed by atoms with Crippen molar-refractivity contribution in [2.24, 2.45) is 5.73 Å². The molecule has 0 aromatic carbocycles. The van der Waals surface area contributed by atoms with Crippen LogP contribution >= 0.6 is 0 Å². The number of nitrogens with two attached hydrogens (primary N) is 1. The van der Waals surface area contributed by atoms with Crippen molar-refractivity contribution < 1.29 is 9.53 Å². The minimum Gasteiger partial charge on any atom is -0.385 e. The van der Waals surface area contributed by atoms with E-state index in [-0.39, 0.29) is 11.9 Å². The van der Waals surface area contributed by atoms with Gasteiger partial charge in [-0.2, -0.15) is 0 Å². The first-order valence-corrected chi connectivity index (χ1v) is 6.71. The highest BCUT2D eigenvalue weighted by molar-refractivity contribution is 5.81. The molecule has 18 heavy (non-hydrogen) atoms. The second kappa shape index (κ2) is 10.3. The molecule has 0 bridgehead atoms. The summed E-state index contributed by atoms with van der Waals surface area (Å²) in [5.74, 6) is 0.0624. The second-order valence-corrected chi connectivity index (χ2v) is 4.82. The molecule has 0 rings (SSSR count). The fraction of sp³-hybridized carbons (Fsp3) is 0.923. The molecule has 0 heterocycles. The third-order valence-corrected chi connectivity index (χ3v) is 2.91. The minimum absolute atomic E-state index is 0.0624. The van der Waals surface area contributed by atoms with E-state index in [1.165, 1.54) is 0 Å². The highest BCUT2D eigenvalue weighted by atomic mass is 16.5. The fourth-order valence-electron chi connectivity index (χ4n) is 1.81. The van der Waals surface area contributed by atoms with Crippen molar-refractivity contribution in [2.45, 2.75) is 32.2 Å². The van der Waals surface area contributed by atoms with Crippen LogP contribution in [-0.2, 0) is 9.53 Å². The Morgan fingerprint density at radius 2 is 1.94 bits per heavy atom. The number of carbonyl (C=O) groups is 1. The van der Waals surface area contributed by atoms with E-state index < -0.39 is 0 Å². The molecule has 0 spiro atoms. The van der Waals surface area contributed by atoms with Gasteiger partial charge in [0.2, 0.25) is 5.91 Å². The zero-order valence-electron chi connectivity index (χ0n) is 12.3. The van der Waals surface area contributed by atoms with Gasteiger partial charge in [-0.3, -0.25) is 4.79 Å². The van der Waals surface area contributed by atoms with Gasteiger partial charge >= 0.3 is 0 Å². The van der Waals surface area contributed by atoms with Gasteiger partial charge in [0.25, 0.3) is 0 Å². The van der Waals surface area contributed by atoms with E-state index in [2.05, 4.69) is 4.90 Å². The first-order chi connectivity index (χ1) is 8.52. The Bertz CT molecular complexity index is 222. The maximum absolute atomic E-state index is 12.1. The van der Waals surface area contributed by atoms with Crippen molar-refractivity contribution in [3.8, 4) is 0 Å². The highest BCUT2D eigenvalue weighted by Gasteiger charge is 2.18. The Morgan fingerprint density at radius 3 is 2.44 bits per heavy atom. The molecule has 1 atom stereocenters. The molecule has 0 aromatic heterocycles. The SMILES string of the molecule is CCN(CCCN(C)C)C(=O)C(N)CCCOC. The van der Waals surface area contributed by atoms with Crippen molar-refractivity contribution in [2.75, 3.05) is 47.4 Å². The van der Waals surface area contributed by atoms with Gasteiger partial charge in [0, 0.05) is 26.8 Å². The van der Waals surface area contributed by atoms with Crippen LogP contribution in [0.25, 0.3) is 0 Å². The van der Waals surface area contributed by atoms with Gasteiger partial charge in [-0.05, 0) is 46.8 Å². The quantitative estimate of drug-likeness (QED) is 0.582. The summed E-state index contributed by atoms with van der Waals surface area (Å²) in [6, 6.07) is -0.389. The lowest BCUT2D eigenvalue weighted by Gasteiger charge is -2.25. The molecule has 0 radical (unpaired) electrons. The van der Waals surface area contributed by atoms with Crippen LogP contribution in [0.4, 0.5) is 0 Å². The maximum atomic E-state index is 12.1. The summed E-state index contributed by atoms with van der Waals surface area (Å²) in [5.41, 5.74) is 5.91. The number of ether oxygens (including phenoxy) is 1. The van der Waals surface area contributed by atoms with E-state index in [1.54, 1.807) is 7.11 Å². The van der Waals surface area contributed by atoms with Crippen LogP contribution in [0.15, 0.2) is 0 Å². The lowest BCUT2D eigenvalue weighted by Crippen LogP contribution is -2.44. The molecule has 0 aliphatic carbocycles.